The summed E-state index contributed by atoms with van der Waals surface area (Å²) in [6.07, 6.45) is 0.591. The molecule has 0 heterocycles. The van der Waals surface area contributed by atoms with Crippen molar-refractivity contribution in [2.24, 2.45) is 11.3 Å². The molecule has 0 radical (unpaired) electrons. The van der Waals surface area contributed by atoms with Crippen molar-refractivity contribution < 1.29 is 18.3 Å². The summed E-state index contributed by atoms with van der Waals surface area (Å²) >= 11 is 0. The summed E-state index contributed by atoms with van der Waals surface area (Å²) < 4.78 is 33.3. The number of hydrogen-bond acceptors (Lipinski definition) is 2. The highest BCUT2D eigenvalue weighted by atomic mass is 19.3. The van der Waals surface area contributed by atoms with Gasteiger partial charge in [0.15, 0.2) is 0 Å². The fourth-order valence-corrected chi connectivity index (χ4v) is 3.41. The molecule has 5 heteroatoms. The molecule has 0 aromatic rings. The molecule has 3 rings (SSSR count). The zero-order valence-corrected chi connectivity index (χ0v) is 12.3. The zero-order chi connectivity index (χ0) is 14.7. The van der Waals surface area contributed by atoms with E-state index in [1.165, 1.54) is 0 Å². The third-order valence-electron chi connectivity index (χ3n) is 4.23. The topological polar surface area (TPSA) is 38.3 Å². The van der Waals surface area contributed by atoms with E-state index >= 15 is 0 Å². The van der Waals surface area contributed by atoms with Crippen LogP contribution in [0.5, 0.6) is 0 Å². The van der Waals surface area contributed by atoms with Crippen molar-refractivity contribution in [3.63, 3.8) is 0 Å². The van der Waals surface area contributed by atoms with Crippen molar-refractivity contribution >= 4 is 6.09 Å². The van der Waals surface area contributed by atoms with Gasteiger partial charge in [0.25, 0.3) is 5.92 Å². The molecular weight excluding hydrogens is 252 g/mol. The van der Waals surface area contributed by atoms with Gasteiger partial charge in [-0.3, -0.25) is 0 Å². The van der Waals surface area contributed by atoms with Gasteiger partial charge in [-0.05, 0) is 40.0 Å². The average Bonchev–Trinajstić information content (AvgIpc) is 2.04. The quantitative estimate of drug-likeness (QED) is 0.852. The van der Waals surface area contributed by atoms with Crippen LogP contribution in [0.25, 0.3) is 0 Å². The van der Waals surface area contributed by atoms with Crippen molar-refractivity contribution in [1.29, 1.82) is 0 Å². The molecular formula is C14H23F2NO2. The lowest BCUT2D eigenvalue weighted by molar-refractivity contribution is -0.298. The second-order valence-electron chi connectivity index (χ2n) is 7.50. The van der Waals surface area contributed by atoms with Crippen molar-refractivity contribution in [3.8, 4) is 0 Å². The number of carbonyl (C=O) groups is 1. The van der Waals surface area contributed by atoms with E-state index in [1.54, 1.807) is 34.6 Å². The molecule has 2 bridgehead atoms. The van der Waals surface area contributed by atoms with Gasteiger partial charge in [-0.15, -0.1) is 0 Å². The fraction of sp³-hybridized carbons (Fsp3) is 0.929. The molecule has 3 aliphatic carbocycles. The number of halogens is 2. The predicted molar refractivity (Wildman–Crippen MR) is 68.2 cm³/mol. The second-order valence-corrected chi connectivity index (χ2v) is 7.50. The molecule has 3 saturated carbocycles. The molecule has 3 aliphatic rings. The highest BCUT2D eigenvalue weighted by molar-refractivity contribution is 5.70. The Bertz CT molecular complexity index is 379. The molecule has 1 amide bonds. The average molecular weight is 275 g/mol. The molecule has 0 spiro atoms. The van der Waals surface area contributed by atoms with Crippen LogP contribution in [0.1, 0.15) is 53.9 Å². The summed E-state index contributed by atoms with van der Waals surface area (Å²) in [6.45, 7) is 8.44. The van der Waals surface area contributed by atoms with Crippen LogP contribution in [-0.4, -0.2) is 23.2 Å². The highest BCUT2D eigenvalue weighted by Crippen LogP contribution is 2.74. The van der Waals surface area contributed by atoms with Gasteiger partial charge in [-0.1, -0.05) is 13.8 Å². The summed E-state index contributed by atoms with van der Waals surface area (Å²) in [4.78, 5) is 11.7. The Hall–Kier alpha value is -0.870. The van der Waals surface area contributed by atoms with Gasteiger partial charge in [0.05, 0.1) is 0 Å². The maximum absolute atomic E-state index is 14.0. The Labute approximate surface area is 113 Å². The number of alkyl carbamates (subject to hydrolysis) is 1. The van der Waals surface area contributed by atoms with E-state index in [1.807, 2.05) is 0 Å². The smallest absolute Gasteiger partial charge is 0.408 e. The largest absolute Gasteiger partial charge is 0.444 e. The van der Waals surface area contributed by atoms with Gasteiger partial charge >= 0.3 is 6.09 Å². The molecule has 19 heavy (non-hydrogen) atoms. The normalized spacial score (nSPS) is 33.5. The lowest BCUT2D eigenvalue weighted by Crippen LogP contribution is -2.80. The van der Waals surface area contributed by atoms with Crippen LogP contribution in [0.4, 0.5) is 13.6 Å². The van der Waals surface area contributed by atoms with Gasteiger partial charge in [0.1, 0.15) is 5.60 Å². The number of rotatable bonds is 3. The maximum Gasteiger partial charge on any atom is 0.408 e. The maximum atomic E-state index is 14.0. The summed E-state index contributed by atoms with van der Waals surface area (Å²) in [5.41, 5.74) is -1.90. The SMILES string of the molecule is CC(C)C(F)(F)C12CC(NC(=O)OC(C)(C)C)(C1)C2. The van der Waals surface area contributed by atoms with E-state index in [9.17, 15) is 13.6 Å². The lowest BCUT2D eigenvalue weighted by Gasteiger charge is -2.72. The van der Waals surface area contributed by atoms with E-state index in [0.717, 1.165) is 0 Å². The van der Waals surface area contributed by atoms with E-state index in [0.29, 0.717) is 19.3 Å². The molecule has 1 N–H and O–H groups in total. The first-order chi connectivity index (χ1) is 8.42. The van der Waals surface area contributed by atoms with Crippen molar-refractivity contribution in [2.75, 3.05) is 0 Å². The van der Waals surface area contributed by atoms with Gasteiger partial charge < -0.3 is 10.1 Å². The van der Waals surface area contributed by atoms with Crippen LogP contribution in [0, 0.1) is 11.3 Å². The third kappa shape index (κ3) is 2.21. The van der Waals surface area contributed by atoms with Gasteiger partial charge in [-0.2, -0.15) is 0 Å². The fourth-order valence-electron chi connectivity index (χ4n) is 3.41. The summed E-state index contributed by atoms with van der Waals surface area (Å²) in [5, 5.41) is 2.76. The molecule has 0 saturated heterocycles. The Morgan fingerprint density at radius 3 is 2.05 bits per heavy atom. The molecule has 3 fully saturated rings. The summed E-state index contributed by atoms with van der Waals surface area (Å²) in [7, 11) is 0. The first-order valence-corrected chi connectivity index (χ1v) is 6.81. The highest BCUT2D eigenvalue weighted by Gasteiger charge is 2.78. The Kier molecular flexibility index (Phi) is 2.93. The predicted octanol–water partition coefficient (Wildman–Crippen LogP) is 3.73. The van der Waals surface area contributed by atoms with Crippen LogP contribution in [0.3, 0.4) is 0 Å². The van der Waals surface area contributed by atoms with Crippen LogP contribution >= 0.6 is 0 Å². The lowest BCUT2D eigenvalue weighted by atomic mass is 9.36. The first kappa shape index (κ1) is 14.5. The first-order valence-electron chi connectivity index (χ1n) is 6.81. The van der Waals surface area contributed by atoms with E-state index < -0.39 is 34.5 Å². The zero-order valence-electron chi connectivity index (χ0n) is 12.3. The Balaban J connectivity index is 1.89. The third-order valence-corrected chi connectivity index (χ3v) is 4.23. The van der Waals surface area contributed by atoms with Gasteiger partial charge in [0.2, 0.25) is 0 Å². The Morgan fingerprint density at radius 1 is 1.21 bits per heavy atom. The number of nitrogens with one attached hydrogen (secondary N) is 1. The van der Waals surface area contributed by atoms with Crippen LogP contribution in [-0.2, 0) is 4.74 Å². The van der Waals surface area contributed by atoms with Crippen molar-refractivity contribution in [2.45, 2.75) is 70.9 Å². The Morgan fingerprint density at radius 2 is 1.68 bits per heavy atom. The van der Waals surface area contributed by atoms with Crippen LogP contribution in [0.2, 0.25) is 0 Å². The van der Waals surface area contributed by atoms with Gasteiger partial charge in [-0.25, -0.2) is 13.6 Å². The summed E-state index contributed by atoms with van der Waals surface area (Å²) in [6, 6.07) is 0. The van der Waals surface area contributed by atoms with Crippen molar-refractivity contribution in [3.05, 3.63) is 0 Å². The second kappa shape index (κ2) is 3.83. The molecule has 3 nitrogen and oxygen atoms in total. The number of alkyl halides is 2. The van der Waals surface area contributed by atoms with Gasteiger partial charge in [0, 0.05) is 16.9 Å². The monoisotopic (exact) mass is 275 g/mol. The molecule has 0 atom stereocenters. The molecule has 110 valence electrons. The standard InChI is InChI=1S/C14H23F2NO2/c1-9(2)14(15,16)12-6-13(7-12,8-12)17-10(18)19-11(3,4)5/h9H,6-8H2,1-5H3,(H,17,18). The van der Waals surface area contributed by atoms with E-state index in [-0.39, 0.29) is 0 Å². The van der Waals surface area contributed by atoms with E-state index in [4.69, 9.17) is 4.74 Å². The number of ether oxygens (including phenoxy) is 1. The minimum absolute atomic E-state index is 0.365. The number of hydrogen-bond donors (Lipinski definition) is 1. The molecule has 0 aromatic carbocycles. The minimum Gasteiger partial charge on any atom is -0.444 e. The molecule has 0 unspecified atom stereocenters. The van der Waals surface area contributed by atoms with Crippen LogP contribution in [0.15, 0.2) is 0 Å². The minimum atomic E-state index is -2.65. The van der Waals surface area contributed by atoms with Crippen molar-refractivity contribution in [1.82, 2.24) is 5.32 Å². The van der Waals surface area contributed by atoms with Crippen LogP contribution < -0.4 is 5.32 Å². The molecule has 0 aliphatic heterocycles. The summed E-state index contributed by atoms with van der Waals surface area (Å²) in [5.74, 6) is -3.31. The number of amides is 1. The molecule has 0 aromatic heterocycles. The van der Waals surface area contributed by atoms with E-state index in [2.05, 4.69) is 5.32 Å². The number of carbonyl (C=O) groups excluding carboxylic acids is 1.